The van der Waals surface area contributed by atoms with Crippen LogP contribution in [0.2, 0.25) is 0 Å². The van der Waals surface area contributed by atoms with E-state index in [1.54, 1.807) is 0 Å². The van der Waals surface area contributed by atoms with Crippen LogP contribution in [0.5, 0.6) is 0 Å². The molecule has 0 atom stereocenters. The lowest BCUT2D eigenvalue weighted by Gasteiger charge is -2.25. The average Bonchev–Trinajstić information content (AvgIpc) is 2.11. The van der Waals surface area contributed by atoms with E-state index < -0.39 is 0 Å². The molecule has 0 unspecified atom stereocenters. The molecule has 0 fully saturated rings. The summed E-state index contributed by atoms with van der Waals surface area (Å²) in [6.45, 7) is 7.42. The Bertz CT molecular complexity index is 179. The van der Waals surface area contributed by atoms with Crippen molar-refractivity contribution in [1.82, 2.24) is 5.32 Å². The maximum atomic E-state index is 8.68. The van der Waals surface area contributed by atoms with Crippen molar-refractivity contribution in [3.8, 4) is 0 Å². The second-order valence-corrected chi connectivity index (χ2v) is 4.05. The van der Waals surface area contributed by atoms with Crippen molar-refractivity contribution < 1.29 is 10.2 Å². The Balaban J connectivity index is 3.93. The molecular formula is C10H22N2O2. The molecule has 0 rings (SSSR count). The number of aliphatic imine (C=N–C) groups is 1. The van der Waals surface area contributed by atoms with Crippen molar-refractivity contribution in [1.29, 1.82) is 0 Å². The lowest BCUT2D eigenvalue weighted by molar-refractivity contribution is 0.268. The van der Waals surface area contributed by atoms with E-state index in [1.807, 2.05) is 6.92 Å². The first kappa shape index (κ1) is 13.5. The van der Waals surface area contributed by atoms with Gasteiger partial charge in [0.15, 0.2) is 0 Å². The molecule has 14 heavy (non-hydrogen) atoms. The van der Waals surface area contributed by atoms with E-state index in [2.05, 4.69) is 24.2 Å². The van der Waals surface area contributed by atoms with Crippen molar-refractivity contribution in [2.45, 2.75) is 32.7 Å². The zero-order chi connectivity index (χ0) is 11.0. The summed E-state index contributed by atoms with van der Waals surface area (Å²) in [5, 5.41) is 20.5. The summed E-state index contributed by atoms with van der Waals surface area (Å²) in [6.07, 6.45) is 0.826. The van der Waals surface area contributed by atoms with Gasteiger partial charge in [-0.15, -0.1) is 0 Å². The normalized spacial score (nSPS) is 13.4. The minimum Gasteiger partial charge on any atom is -0.395 e. The van der Waals surface area contributed by atoms with Crippen LogP contribution in [0.3, 0.4) is 0 Å². The van der Waals surface area contributed by atoms with Gasteiger partial charge in [-0.25, -0.2) is 0 Å². The predicted molar refractivity (Wildman–Crippen MR) is 58.8 cm³/mol. The topological polar surface area (TPSA) is 64.8 Å². The molecule has 0 spiro atoms. The first-order chi connectivity index (χ1) is 6.52. The van der Waals surface area contributed by atoms with Gasteiger partial charge in [-0.1, -0.05) is 0 Å². The second-order valence-electron chi connectivity index (χ2n) is 4.05. The smallest absolute Gasteiger partial charge is 0.0626 e. The van der Waals surface area contributed by atoms with Gasteiger partial charge < -0.3 is 15.5 Å². The highest BCUT2D eigenvalue weighted by atomic mass is 16.3. The van der Waals surface area contributed by atoms with E-state index in [-0.39, 0.29) is 18.8 Å². The highest BCUT2D eigenvalue weighted by molar-refractivity contribution is 5.82. The third-order valence-electron chi connectivity index (χ3n) is 1.89. The number of nitrogens with zero attached hydrogens (tertiary/aromatic N) is 1. The minimum absolute atomic E-state index is 0.0498. The molecular weight excluding hydrogens is 180 g/mol. The summed E-state index contributed by atoms with van der Waals surface area (Å²) in [6, 6.07) is 0. The first-order valence-electron chi connectivity index (χ1n) is 4.98. The van der Waals surface area contributed by atoms with Crippen molar-refractivity contribution >= 4 is 5.71 Å². The number of nitrogens with one attached hydrogen (secondary N) is 1. The fourth-order valence-electron chi connectivity index (χ4n) is 1.39. The van der Waals surface area contributed by atoms with Gasteiger partial charge in [-0.05, 0) is 20.8 Å². The highest BCUT2D eigenvalue weighted by Gasteiger charge is 2.17. The Morgan fingerprint density at radius 1 is 1.29 bits per heavy atom. The molecule has 0 saturated carbocycles. The lowest BCUT2D eigenvalue weighted by atomic mass is 9.98. The van der Waals surface area contributed by atoms with Crippen LogP contribution in [0.15, 0.2) is 4.99 Å². The average molecular weight is 202 g/mol. The Labute approximate surface area is 86.1 Å². The van der Waals surface area contributed by atoms with E-state index in [1.165, 1.54) is 0 Å². The van der Waals surface area contributed by atoms with Crippen molar-refractivity contribution in [3.63, 3.8) is 0 Å². The fraction of sp³-hybridized carbons (Fsp3) is 0.900. The molecule has 0 bridgehead atoms. The molecule has 0 radical (unpaired) electrons. The van der Waals surface area contributed by atoms with Crippen LogP contribution >= 0.6 is 0 Å². The van der Waals surface area contributed by atoms with Crippen LogP contribution in [0, 0.1) is 0 Å². The summed E-state index contributed by atoms with van der Waals surface area (Å²) in [7, 11) is 0. The number of hydrogen-bond donors (Lipinski definition) is 3. The van der Waals surface area contributed by atoms with Crippen molar-refractivity contribution in [2.24, 2.45) is 4.99 Å². The number of rotatable bonds is 7. The van der Waals surface area contributed by atoms with E-state index in [4.69, 9.17) is 10.2 Å². The second kappa shape index (κ2) is 6.92. The first-order valence-corrected chi connectivity index (χ1v) is 4.98. The standard InChI is InChI=1S/C10H22N2O2/c1-9(11-4-6-13)8-10(2,3)12-5-7-14/h12-14H,4-8H2,1-3H3/b11-9+. The fourth-order valence-corrected chi connectivity index (χ4v) is 1.39. The quantitative estimate of drug-likeness (QED) is 0.516. The van der Waals surface area contributed by atoms with Gasteiger partial charge in [0.05, 0.1) is 19.8 Å². The number of hydrogen-bond acceptors (Lipinski definition) is 4. The number of β-amino-alcohol motifs (C(OH)–C–C–N with tert-alkyl or cyclic N) is 1. The molecule has 84 valence electrons. The summed E-state index contributed by atoms with van der Waals surface area (Å²) in [5.41, 5.74) is 0.973. The number of aliphatic hydroxyl groups excluding tert-OH is 2. The molecule has 0 saturated heterocycles. The summed E-state index contributed by atoms with van der Waals surface area (Å²) in [4.78, 5) is 4.20. The van der Waals surface area contributed by atoms with Crippen LogP contribution < -0.4 is 5.32 Å². The Morgan fingerprint density at radius 3 is 2.43 bits per heavy atom. The lowest BCUT2D eigenvalue weighted by Crippen LogP contribution is -2.42. The summed E-state index contributed by atoms with van der Waals surface area (Å²) >= 11 is 0. The Hall–Kier alpha value is -0.450. The van der Waals surface area contributed by atoms with E-state index in [0.29, 0.717) is 13.1 Å². The predicted octanol–water partition coefficient (Wildman–Crippen LogP) is 0.190. The third kappa shape index (κ3) is 7.00. The molecule has 0 aliphatic rings. The van der Waals surface area contributed by atoms with Crippen LogP contribution in [0.4, 0.5) is 0 Å². The van der Waals surface area contributed by atoms with E-state index in [0.717, 1.165) is 12.1 Å². The van der Waals surface area contributed by atoms with Crippen molar-refractivity contribution in [2.75, 3.05) is 26.3 Å². The molecule has 0 aliphatic heterocycles. The third-order valence-corrected chi connectivity index (χ3v) is 1.89. The van der Waals surface area contributed by atoms with Gasteiger partial charge in [0, 0.05) is 24.2 Å². The molecule has 0 amide bonds. The van der Waals surface area contributed by atoms with Gasteiger partial charge in [0.1, 0.15) is 0 Å². The maximum absolute atomic E-state index is 8.68. The molecule has 0 aromatic heterocycles. The minimum atomic E-state index is -0.0498. The van der Waals surface area contributed by atoms with Crippen LogP contribution in [-0.4, -0.2) is 47.8 Å². The highest BCUT2D eigenvalue weighted by Crippen LogP contribution is 2.08. The zero-order valence-electron chi connectivity index (χ0n) is 9.38. The largest absolute Gasteiger partial charge is 0.395 e. The SMILES string of the molecule is C/C(CC(C)(C)NCCO)=N\CCO. The number of aliphatic hydroxyl groups is 2. The van der Waals surface area contributed by atoms with Crippen LogP contribution in [0.25, 0.3) is 0 Å². The van der Waals surface area contributed by atoms with Gasteiger partial charge >= 0.3 is 0 Å². The van der Waals surface area contributed by atoms with Gasteiger partial charge in [-0.3, -0.25) is 4.99 Å². The molecule has 3 N–H and O–H groups in total. The molecule has 4 nitrogen and oxygen atoms in total. The maximum Gasteiger partial charge on any atom is 0.0626 e. The summed E-state index contributed by atoms with van der Waals surface area (Å²) in [5.74, 6) is 0. The molecule has 0 aromatic carbocycles. The monoisotopic (exact) mass is 202 g/mol. The molecule has 0 aromatic rings. The molecule has 4 heteroatoms. The molecule has 0 aliphatic carbocycles. The summed E-state index contributed by atoms with van der Waals surface area (Å²) < 4.78 is 0. The van der Waals surface area contributed by atoms with Gasteiger partial charge in [-0.2, -0.15) is 0 Å². The van der Waals surface area contributed by atoms with Gasteiger partial charge in [0.2, 0.25) is 0 Å². The van der Waals surface area contributed by atoms with Crippen molar-refractivity contribution in [3.05, 3.63) is 0 Å². The van der Waals surface area contributed by atoms with E-state index in [9.17, 15) is 0 Å². The Morgan fingerprint density at radius 2 is 1.93 bits per heavy atom. The van der Waals surface area contributed by atoms with Gasteiger partial charge in [0.25, 0.3) is 0 Å². The molecule has 0 heterocycles. The van der Waals surface area contributed by atoms with Crippen LogP contribution in [0.1, 0.15) is 27.2 Å². The van der Waals surface area contributed by atoms with E-state index >= 15 is 0 Å². The Kier molecular flexibility index (Phi) is 6.70. The van der Waals surface area contributed by atoms with Crippen LogP contribution in [-0.2, 0) is 0 Å². The zero-order valence-corrected chi connectivity index (χ0v) is 9.38.